The fraction of sp³-hybridized carbons (Fsp3) is 0.529. The highest BCUT2D eigenvalue weighted by molar-refractivity contribution is 7.98. The molecule has 0 radical (unpaired) electrons. The molecule has 1 aliphatic heterocycles. The Morgan fingerprint density at radius 1 is 1.19 bits per heavy atom. The van der Waals surface area contributed by atoms with E-state index in [0.717, 1.165) is 17.9 Å². The molecule has 0 spiro atoms. The van der Waals surface area contributed by atoms with Crippen LogP contribution in [0.1, 0.15) is 22.3 Å². The van der Waals surface area contributed by atoms with Crippen molar-refractivity contribution < 1.29 is 22.8 Å². The third kappa shape index (κ3) is 5.14. The molecule has 26 heavy (non-hydrogen) atoms. The van der Waals surface area contributed by atoms with Crippen LogP contribution in [0.5, 0.6) is 0 Å². The fourth-order valence-corrected chi connectivity index (χ4v) is 3.23. The Morgan fingerprint density at radius 3 is 2.38 bits per heavy atom. The first-order valence-corrected chi connectivity index (χ1v) is 9.63. The molecule has 1 saturated heterocycles. The number of benzene rings is 1. The lowest BCUT2D eigenvalue weighted by Gasteiger charge is -2.36. The minimum Gasteiger partial charge on any atom is -0.338 e. The van der Waals surface area contributed by atoms with Gasteiger partial charge in [-0.05, 0) is 36.6 Å². The third-order valence-corrected chi connectivity index (χ3v) is 4.91. The van der Waals surface area contributed by atoms with Gasteiger partial charge < -0.3 is 15.5 Å². The predicted molar refractivity (Wildman–Crippen MR) is 94.9 cm³/mol. The largest absolute Gasteiger partial charge is 0.416 e. The summed E-state index contributed by atoms with van der Waals surface area (Å²) in [4.78, 5) is 27.8. The standard InChI is InChI=1S/C17H22F3N3O2S/c1-26-10-5-14(21)16(25)23-8-6-22(7-9-23)15(24)12-3-2-4-13(11-12)17(18,19)20/h2-4,11,14H,5-10,21H2,1H3. The topological polar surface area (TPSA) is 66.6 Å². The second kappa shape index (κ2) is 8.77. The molecule has 0 bridgehead atoms. The maximum atomic E-state index is 12.8. The summed E-state index contributed by atoms with van der Waals surface area (Å²) < 4.78 is 38.4. The van der Waals surface area contributed by atoms with Crippen molar-refractivity contribution in [1.82, 2.24) is 9.80 Å². The highest BCUT2D eigenvalue weighted by atomic mass is 32.2. The molecule has 1 atom stereocenters. The molecular formula is C17H22F3N3O2S. The summed E-state index contributed by atoms with van der Waals surface area (Å²) in [5.74, 6) is 0.182. The molecule has 1 heterocycles. The molecular weight excluding hydrogens is 367 g/mol. The normalized spacial score (nSPS) is 16.5. The van der Waals surface area contributed by atoms with Gasteiger partial charge in [0.05, 0.1) is 11.6 Å². The van der Waals surface area contributed by atoms with Crippen LogP contribution in [0, 0.1) is 0 Å². The van der Waals surface area contributed by atoms with E-state index in [1.165, 1.54) is 17.0 Å². The van der Waals surface area contributed by atoms with E-state index in [9.17, 15) is 22.8 Å². The van der Waals surface area contributed by atoms with Crippen LogP contribution in [0.3, 0.4) is 0 Å². The van der Waals surface area contributed by atoms with Gasteiger partial charge in [-0.25, -0.2) is 0 Å². The molecule has 0 saturated carbocycles. The lowest BCUT2D eigenvalue weighted by molar-refractivity contribution is -0.137. The van der Waals surface area contributed by atoms with Gasteiger partial charge in [0.2, 0.25) is 5.91 Å². The highest BCUT2D eigenvalue weighted by Crippen LogP contribution is 2.29. The zero-order chi connectivity index (χ0) is 19.3. The van der Waals surface area contributed by atoms with Gasteiger partial charge in [-0.3, -0.25) is 9.59 Å². The molecule has 144 valence electrons. The van der Waals surface area contributed by atoms with E-state index in [2.05, 4.69) is 0 Å². The SMILES string of the molecule is CSCCC(N)C(=O)N1CCN(C(=O)c2cccc(C(F)(F)F)c2)CC1. The molecule has 0 aliphatic carbocycles. The van der Waals surface area contributed by atoms with E-state index >= 15 is 0 Å². The summed E-state index contributed by atoms with van der Waals surface area (Å²) in [6.07, 6.45) is -1.97. The van der Waals surface area contributed by atoms with Gasteiger partial charge in [0.25, 0.3) is 5.91 Å². The summed E-state index contributed by atoms with van der Waals surface area (Å²) in [5.41, 5.74) is 5.03. The molecule has 2 N–H and O–H groups in total. The number of carbonyl (C=O) groups excluding carboxylic acids is 2. The van der Waals surface area contributed by atoms with Crippen LogP contribution in [-0.2, 0) is 11.0 Å². The first-order chi connectivity index (χ1) is 12.2. The van der Waals surface area contributed by atoms with Crippen LogP contribution in [0.25, 0.3) is 0 Å². The minimum absolute atomic E-state index is 0.00345. The molecule has 1 aromatic carbocycles. The number of thioether (sulfide) groups is 1. The number of carbonyl (C=O) groups is 2. The van der Waals surface area contributed by atoms with Gasteiger partial charge in [0.15, 0.2) is 0 Å². The Kier molecular flexibility index (Phi) is 6.94. The Hall–Kier alpha value is -1.74. The van der Waals surface area contributed by atoms with Gasteiger partial charge in [0.1, 0.15) is 0 Å². The average molecular weight is 389 g/mol. The molecule has 1 fully saturated rings. The lowest BCUT2D eigenvalue weighted by atomic mass is 10.1. The van der Waals surface area contributed by atoms with E-state index in [4.69, 9.17) is 5.73 Å². The average Bonchev–Trinajstić information content (AvgIpc) is 2.64. The van der Waals surface area contributed by atoms with Gasteiger partial charge >= 0.3 is 6.18 Å². The number of nitrogens with zero attached hydrogens (tertiary/aromatic N) is 2. The number of rotatable bonds is 5. The number of hydrogen-bond acceptors (Lipinski definition) is 4. The fourth-order valence-electron chi connectivity index (χ4n) is 2.74. The summed E-state index contributed by atoms with van der Waals surface area (Å²) in [7, 11) is 0. The highest BCUT2D eigenvalue weighted by Gasteiger charge is 2.32. The summed E-state index contributed by atoms with van der Waals surface area (Å²) in [6.45, 7) is 1.21. The van der Waals surface area contributed by atoms with Gasteiger partial charge in [-0.2, -0.15) is 24.9 Å². The Bertz CT molecular complexity index is 646. The molecule has 2 amide bonds. The van der Waals surface area contributed by atoms with Crippen LogP contribution in [-0.4, -0.2) is 65.8 Å². The first kappa shape index (κ1) is 20.6. The van der Waals surface area contributed by atoms with Crippen molar-refractivity contribution in [2.45, 2.75) is 18.6 Å². The molecule has 2 rings (SSSR count). The van der Waals surface area contributed by atoms with Crippen LogP contribution in [0.4, 0.5) is 13.2 Å². The monoisotopic (exact) mass is 389 g/mol. The minimum atomic E-state index is -4.49. The van der Waals surface area contributed by atoms with Crippen molar-refractivity contribution >= 4 is 23.6 Å². The van der Waals surface area contributed by atoms with Gasteiger partial charge in [-0.15, -0.1) is 0 Å². The second-order valence-corrected chi connectivity index (χ2v) is 7.07. The van der Waals surface area contributed by atoms with Crippen molar-refractivity contribution in [2.75, 3.05) is 38.2 Å². The van der Waals surface area contributed by atoms with E-state index < -0.39 is 23.7 Å². The number of hydrogen-bond donors (Lipinski definition) is 1. The molecule has 1 aliphatic rings. The predicted octanol–water partition coefficient (Wildman–Crippen LogP) is 2.07. The molecule has 9 heteroatoms. The van der Waals surface area contributed by atoms with Crippen LogP contribution >= 0.6 is 11.8 Å². The second-order valence-electron chi connectivity index (χ2n) is 6.08. The Morgan fingerprint density at radius 2 is 1.81 bits per heavy atom. The van der Waals surface area contributed by atoms with Crippen LogP contribution in [0.2, 0.25) is 0 Å². The number of alkyl halides is 3. The maximum absolute atomic E-state index is 12.8. The number of amides is 2. The number of halogens is 3. The number of piperazine rings is 1. The van der Waals surface area contributed by atoms with Gasteiger partial charge in [-0.1, -0.05) is 6.07 Å². The molecule has 1 aromatic rings. The van der Waals surface area contributed by atoms with E-state index in [-0.39, 0.29) is 24.6 Å². The van der Waals surface area contributed by atoms with Crippen LogP contribution in [0.15, 0.2) is 24.3 Å². The summed E-state index contributed by atoms with van der Waals surface area (Å²) in [5, 5.41) is 0. The zero-order valence-electron chi connectivity index (χ0n) is 14.5. The Labute approximate surface area is 154 Å². The van der Waals surface area contributed by atoms with Crippen molar-refractivity contribution in [2.24, 2.45) is 5.73 Å². The molecule has 5 nitrogen and oxygen atoms in total. The smallest absolute Gasteiger partial charge is 0.338 e. The van der Waals surface area contributed by atoms with Crippen LogP contribution < -0.4 is 5.73 Å². The van der Waals surface area contributed by atoms with Crippen molar-refractivity contribution in [3.63, 3.8) is 0 Å². The summed E-state index contributed by atoms with van der Waals surface area (Å²) in [6, 6.07) is 3.82. The zero-order valence-corrected chi connectivity index (χ0v) is 15.3. The number of nitrogens with two attached hydrogens (primary N) is 1. The Balaban J connectivity index is 1.95. The van der Waals surface area contributed by atoms with Gasteiger partial charge in [0, 0.05) is 31.7 Å². The quantitative estimate of drug-likeness (QED) is 0.837. The van der Waals surface area contributed by atoms with Crippen molar-refractivity contribution in [3.05, 3.63) is 35.4 Å². The van der Waals surface area contributed by atoms with E-state index in [1.54, 1.807) is 16.7 Å². The third-order valence-electron chi connectivity index (χ3n) is 4.27. The van der Waals surface area contributed by atoms with Crippen molar-refractivity contribution in [3.8, 4) is 0 Å². The van der Waals surface area contributed by atoms with E-state index in [1.807, 2.05) is 6.26 Å². The lowest BCUT2D eigenvalue weighted by Crippen LogP contribution is -2.54. The van der Waals surface area contributed by atoms with Crippen molar-refractivity contribution in [1.29, 1.82) is 0 Å². The first-order valence-electron chi connectivity index (χ1n) is 8.24. The van der Waals surface area contributed by atoms with E-state index in [0.29, 0.717) is 19.5 Å². The maximum Gasteiger partial charge on any atom is 0.416 e. The molecule has 1 unspecified atom stereocenters. The molecule has 0 aromatic heterocycles. The summed E-state index contributed by atoms with van der Waals surface area (Å²) >= 11 is 1.62.